The number of pyridine rings is 1. The quantitative estimate of drug-likeness (QED) is 0.351. The summed E-state index contributed by atoms with van der Waals surface area (Å²) in [7, 11) is -3.15. The Kier molecular flexibility index (Phi) is 5.76. The summed E-state index contributed by atoms with van der Waals surface area (Å²) < 4.78 is 61.3. The lowest BCUT2D eigenvalue weighted by Gasteiger charge is -2.11. The number of nitrogens with one attached hydrogen (secondary N) is 2. The average molecular weight is 468 g/mol. The molecular weight excluding hydrogens is 454 g/mol. The van der Waals surface area contributed by atoms with Crippen LogP contribution in [0.3, 0.4) is 0 Å². The second kappa shape index (κ2) is 8.68. The van der Waals surface area contributed by atoms with Gasteiger partial charge in [0.1, 0.15) is 5.82 Å². The van der Waals surface area contributed by atoms with E-state index in [1.165, 1.54) is 30.6 Å². The molecule has 0 aliphatic heterocycles. The summed E-state index contributed by atoms with van der Waals surface area (Å²) in [5, 5.41) is 7.17. The highest BCUT2D eigenvalue weighted by Gasteiger charge is 2.20. The molecule has 8 nitrogen and oxygen atoms in total. The summed E-state index contributed by atoms with van der Waals surface area (Å²) in [5.41, 5.74) is -0.216. The second-order valence-corrected chi connectivity index (χ2v) is 8.37. The number of aromatic nitrogens is 3. The van der Waals surface area contributed by atoms with Crippen molar-refractivity contribution in [3.8, 4) is 11.8 Å². The third kappa shape index (κ3) is 4.51. The fourth-order valence-electron chi connectivity index (χ4n) is 2.90. The van der Waals surface area contributed by atoms with Crippen LogP contribution in [0.1, 0.15) is 21.5 Å². The number of hydrogen-bond acceptors (Lipinski definition) is 6. The van der Waals surface area contributed by atoms with Crippen LogP contribution in [0.4, 0.5) is 14.5 Å². The molecule has 0 fully saturated rings. The molecule has 2 aromatic carbocycles. The molecular formula is C22H14F2N4O4S. The van der Waals surface area contributed by atoms with Crippen molar-refractivity contribution in [1.29, 1.82) is 0 Å². The van der Waals surface area contributed by atoms with Crippen LogP contribution in [0.2, 0.25) is 0 Å². The van der Waals surface area contributed by atoms with Gasteiger partial charge in [-0.1, -0.05) is 17.9 Å². The highest BCUT2D eigenvalue weighted by atomic mass is 32.2. The fraction of sp³-hybridized carbons (Fsp3) is 0.0455. The highest BCUT2D eigenvalue weighted by molar-refractivity contribution is 7.92. The van der Waals surface area contributed by atoms with E-state index in [4.69, 9.17) is 0 Å². The lowest BCUT2D eigenvalue weighted by molar-refractivity contribution is 0.0600. The van der Waals surface area contributed by atoms with Gasteiger partial charge in [0.25, 0.3) is 10.0 Å². The zero-order valence-corrected chi connectivity index (χ0v) is 17.7. The molecule has 4 aromatic rings. The van der Waals surface area contributed by atoms with Crippen molar-refractivity contribution in [1.82, 2.24) is 15.2 Å². The standard InChI is InChI=1S/C22H14F2N4O4S/c1-32-22(29)14-3-2-4-16(10-14)33(30,31)28-19-8-7-18(23)17(20(19)24)6-5-13-9-15-12-26-27-21(15)25-11-13/h2-4,7-12,28H,1H3,(H,25,26,27). The second-order valence-electron chi connectivity index (χ2n) is 6.69. The summed E-state index contributed by atoms with van der Waals surface area (Å²) in [6.45, 7) is 0. The van der Waals surface area contributed by atoms with Crippen LogP contribution in [-0.4, -0.2) is 36.7 Å². The van der Waals surface area contributed by atoms with Gasteiger partial charge in [-0.05, 0) is 36.4 Å². The molecule has 0 saturated heterocycles. The number of ether oxygens (including phenoxy) is 1. The van der Waals surface area contributed by atoms with Gasteiger partial charge in [0, 0.05) is 17.1 Å². The number of H-pyrrole nitrogens is 1. The molecule has 166 valence electrons. The molecule has 0 aliphatic rings. The van der Waals surface area contributed by atoms with Crippen LogP contribution in [-0.2, 0) is 14.8 Å². The van der Waals surface area contributed by atoms with E-state index in [1.54, 1.807) is 6.07 Å². The number of carbonyl (C=O) groups excluding carboxylic acids is 1. The van der Waals surface area contributed by atoms with E-state index in [-0.39, 0.29) is 10.5 Å². The average Bonchev–Trinajstić information content (AvgIpc) is 3.28. The number of sulfonamides is 1. The van der Waals surface area contributed by atoms with E-state index in [0.717, 1.165) is 25.3 Å². The van der Waals surface area contributed by atoms with Crippen LogP contribution in [0.25, 0.3) is 11.0 Å². The SMILES string of the molecule is COC(=O)c1cccc(S(=O)(=O)Nc2ccc(F)c(C#Cc3cnc4[nH]ncc4c3)c2F)c1. The molecule has 0 unspecified atom stereocenters. The first kappa shape index (κ1) is 21.9. The Morgan fingerprint density at radius 1 is 1.12 bits per heavy atom. The molecule has 11 heteroatoms. The number of aromatic amines is 1. The third-order valence-corrected chi connectivity index (χ3v) is 5.89. The number of benzene rings is 2. The Morgan fingerprint density at radius 3 is 2.73 bits per heavy atom. The first-order valence-corrected chi connectivity index (χ1v) is 10.8. The molecule has 33 heavy (non-hydrogen) atoms. The molecule has 4 rings (SSSR count). The molecule has 0 atom stereocenters. The van der Waals surface area contributed by atoms with Gasteiger partial charge in [-0.25, -0.2) is 27.0 Å². The number of nitrogens with zero attached hydrogens (tertiary/aromatic N) is 2. The highest BCUT2D eigenvalue weighted by Crippen LogP contribution is 2.24. The first-order valence-electron chi connectivity index (χ1n) is 9.29. The maximum absolute atomic E-state index is 15.0. The summed E-state index contributed by atoms with van der Waals surface area (Å²) in [4.78, 5) is 15.5. The van der Waals surface area contributed by atoms with Crippen molar-refractivity contribution in [2.45, 2.75) is 4.90 Å². The topological polar surface area (TPSA) is 114 Å². The smallest absolute Gasteiger partial charge is 0.337 e. The largest absolute Gasteiger partial charge is 0.465 e. The van der Waals surface area contributed by atoms with Crippen LogP contribution < -0.4 is 4.72 Å². The minimum Gasteiger partial charge on any atom is -0.465 e. The maximum atomic E-state index is 15.0. The van der Waals surface area contributed by atoms with Crippen molar-refractivity contribution in [3.63, 3.8) is 0 Å². The molecule has 0 aliphatic carbocycles. The van der Waals surface area contributed by atoms with E-state index in [0.29, 0.717) is 16.6 Å². The number of anilines is 1. The van der Waals surface area contributed by atoms with Gasteiger partial charge < -0.3 is 4.74 Å². The predicted octanol–water partition coefficient (Wildman–Crippen LogP) is 3.22. The number of halogens is 2. The Morgan fingerprint density at radius 2 is 1.94 bits per heavy atom. The number of rotatable bonds is 4. The van der Waals surface area contributed by atoms with E-state index in [2.05, 4.69) is 36.5 Å². The van der Waals surface area contributed by atoms with Gasteiger partial charge in [-0.15, -0.1) is 0 Å². The summed E-state index contributed by atoms with van der Waals surface area (Å²) in [5.74, 6) is 2.11. The minimum absolute atomic E-state index is 0.00490. The van der Waals surface area contributed by atoms with Crippen LogP contribution in [0, 0.1) is 23.5 Å². The monoisotopic (exact) mass is 468 g/mol. The van der Waals surface area contributed by atoms with E-state index < -0.39 is 38.9 Å². The van der Waals surface area contributed by atoms with E-state index >= 15 is 0 Å². The number of esters is 1. The van der Waals surface area contributed by atoms with Gasteiger partial charge in [0.15, 0.2) is 11.5 Å². The summed E-state index contributed by atoms with van der Waals surface area (Å²) in [6.07, 6.45) is 2.93. The fourth-order valence-corrected chi connectivity index (χ4v) is 4.00. The van der Waals surface area contributed by atoms with Gasteiger partial charge in [0.2, 0.25) is 0 Å². The van der Waals surface area contributed by atoms with Crippen LogP contribution >= 0.6 is 0 Å². The van der Waals surface area contributed by atoms with Gasteiger partial charge in [-0.3, -0.25) is 9.82 Å². The Bertz CT molecular complexity index is 1560. The number of fused-ring (bicyclic) bond motifs is 1. The molecule has 0 radical (unpaired) electrons. The van der Waals surface area contributed by atoms with Crippen LogP contribution in [0.15, 0.2) is 59.8 Å². The van der Waals surface area contributed by atoms with Gasteiger partial charge in [-0.2, -0.15) is 5.10 Å². The predicted molar refractivity (Wildman–Crippen MR) is 115 cm³/mol. The van der Waals surface area contributed by atoms with E-state index in [9.17, 15) is 22.0 Å². The maximum Gasteiger partial charge on any atom is 0.337 e. The van der Waals surface area contributed by atoms with Crippen molar-refractivity contribution in [2.24, 2.45) is 0 Å². The van der Waals surface area contributed by atoms with Crippen LogP contribution in [0.5, 0.6) is 0 Å². The Labute approximate surface area is 186 Å². The molecule has 0 amide bonds. The number of methoxy groups -OCH3 is 1. The molecule has 2 heterocycles. The van der Waals surface area contributed by atoms with Gasteiger partial charge >= 0.3 is 5.97 Å². The molecule has 0 bridgehead atoms. The van der Waals surface area contributed by atoms with Crippen molar-refractivity contribution >= 4 is 32.7 Å². The summed E-state index contributed by atoms with van der Waals surface area (Å²) in [6, 6.07) is 8.47. The third-order valence-electron chi connectivity index (χ3n) is 4.52. The number of carbonyl (C=O) groups is 1. The van der Waals surface area contributed by atoms with Crippen molar-refractivity contribution in [3.05, 3.63) is 83.2 Å². The molecule has 2 N–H and O–H groups in total. The first-order chi connectivity index (χ1) is 15.8. The molecule has 2 aromatic heterocycles. The normalized spacial score (nSPS) is 11.0. The zero-order valence-electron chi connectivity index (χ0n) is 16.9. The molecule has 0 spiro atoms. The Balaban J connectivity index is 1.67. The molecule has 0 saturated carbocycles. The summed E-state index contributed by atoms with van der Waals surface area (Å²) >= 11 is 0. The van der Waals surface area contributed by atoms with Gasteiger partial charge in [0.05, 0.1) is 35.0 Å². The zero-order chi connectivity index (χ0) is 23.6. The lowest BCUT2D eigenvalue weighted by atomic mass is 10.1. The van der Waals surface area contributed by atoms with E-state index in [1.807, 2.05) is 0 Å². The lowest BCUT2D eigenvalue weighted by Crippen LogP contribution is -2.15. The van der Waals surface area contributed by atoms with Crippen molar-refractivity contribution in [2.75, 3.05) is 11.8 Å². The van der Waals surface area contributed by atoms with Crippen molar-refractivity contribution < 1.29 is 26.7 Å². The minimum atomic E-state index is -4.30. The Hall–Kier alpha value is -4.30. The number of hydrogen-bond donors (Lipinski definition) is 2.